The van der Waals surface area contributed by atoms with Gasteiger partial charge in [-0.1, -0.05) is 26.0 Å². The molecular weight excluding hydrogens is 296 g/mol. The molecule has 4 heteroatoms. The smallest absolute Gasteiger partial charge is 0.358 e. The number of benzene rings is 2. The molecule has 124 valence electrons. The zero-order chi connectivity index (χ0) is 16.7. The van der Waals surface area contributed by atoms with Crippen LogP contribution in [-0.4, -0.2) is 12.0 Å². The van der Waals surface area contributed by atoms with Gasteiger partial charge in [0.15, 0.2) is 0 Å². The quantitative estimate of drug-likeness (QED) is 0.362. The van der Waals surface area contributed by atoms with Gasteiger partial charge in [-0.25, -0.2) is 4.39 Å². The molecule has 0 aliphatic carbocycles. The molecule has 2 nitrogen and oxygen atoms in total. The summed E-state index contributed by atoms with van der Waals surface area (Å²) in [6.07, 6.45) is 1.50. The number of halogens is 1. The van der Waals surface area contributed by atoms with E-state index in [1.165, 1.54) is 23.9 Å². The van der Waals surface area contributed by atoms with Gasteiger partial charge in [0.05, 0.1) is 5.69 Å². The van der Waals surface area contributed by atoms with Gasteiger partial charge in [0.25, 0.3) is 0 Å². The molecule has 0 aromatic heterocycles. The molecule has 0 N–H and O–H groups in total. The summed E-state index contributed by atoms with van der Waals surface area (Å²) in [6.45, 7) is 12.6. The van der Waals surface area contributed by atoms with E-state index in [1.807, 2.05) is 18.2 Å². The standard InChI is InChI=1S/C11H11FNO.C8H9.CH3.Li/c1-4-13-11-5-7(2)9(8(3)14)6-10(11)12;1-7-5-3-4-6-8(7)2;;/h4-6H,3H2,1-2H3;3-6H,1H2,2H3;1H3;/q3*-1;+1. The van der Waals surface area contributed by atoms with Gasteiger partial charge in [0.1, 0.15) is 5.82 Å². The van der Waals surface area contributed by atoms with Gasteiger partial charge in [0, 0.05) is 12.0 Å². The Bertz CT molecular complexity index is 675. The molecule has 2 aromatic carbocycles. The van der Waals surface area contributed by atoms with Crippen LogP contribution in [0, 0.1) is 40.9 Å². The molecule has 2 rings (SSSR count). The largest absolute Gasteiger partial charge is 1.00 e. The van der Waals surface area contributed by atoms with E-state index >= 15 is 0 Å². The minimum Gasteiger partial charge on any atom is -0.358 e. The molecule has 0 fully saturated rings. The molecule has 0 spiro atoms. The summed E-state index contributed by atoms with van der Waals surface area (Å²) in [4.78, 5) is 14.8. The number of hydrogen-bond acceptors (Lipinski definition) is 2. The summed E-state index contributed by atoms with van der Waals surface area (Å²) >= 11 is 0. The number of rotatable bonds is 2. The van der Waals surface area contributed by atoms with Gasteiger partial charge in [-0.15, -0.1) is 23.3 Å². The third-order valence-corrected chi connectivity index (χ3v) is 3.12. The van der Waals surface area contributed by atoms with Crippen molar-refractivity contribution < 1.29 is 28.0 Å². The van der Waals surface area contributed by atoms with Crippen molar-refractivity contribution in [1.82, 2.24) is 0 Å². The first kappa shape index (κ1) is 24.3. The van der Waals surface area contributed by atoms with E-state index in [4.69, 9.17) is 0 Å². The monoisotopic (exact) mass is 319 g/mol. The fourth-order valence-electron chi connectivity index (χ4n) is 1.81. The van der Waals surface area contributed by atoms with Crippen LogP contribution in [0.3, 0.4) is 0 Å². The molecule has 0 unspecified atom stereocenters. The molecule has 0 amide bonds. The molecule has 0 aliphatic heterocycles. The van der Waals surface area contributed by atoms with Crippen LogP contribution in [-0.2, 0) is 0 Å². The molecule has 0 heterocycles. The summed E-state index contributed by atoms with van der Waals surface area (Å²) < 4.78 is 13.3. The summed E-state index contributed by atoms with van der Waals surface area (Å²) in [5, 5.41) is 0. The van der Waals surface area contributed by atoms with E-state index in [0.717, 1.165) is 5.56 Å². The number of aliphatic imine (C=N–C) groups is 1. The van der Waals surface area contributed by atoms with E-state index in [-0.39, 0.29) is 37.8 Å². The Morgan fingerprint density at radius 1 is 1.17 bits per heavy atom. The number of Topliss-reactive ketones (excluding diaryl/α,β-unsaturated/α-hetero) is 1. The average Bonchev–Trinajstić information content (AvgIpc) is 2.46. The molecule has 24 heavy (non-hydrogen) atoms. The number of nitrogens with zero attached hydrogens (tertiary/aromatic N) is 1. The molecule has 0 atom stereocenters. The van der Waals surface area contributed by atoms with Crippen LogP contribution in [0.1, 0.15) is 34.0 Å². The van der Waals surface area contributed by atoms with Crippen molar-refractivity contribution in [1.29, 1.82) is 0 Å². The number of carbonyl (C=O) groups is 1. The zero-order valence-corrected chi connectivity index (χ0v) is 15.2. The Morgan fingerprint density at radius 3 is 2.17 bits per heavy atom. The predicted molar refractivity (Wildman–Crippen MR) is 96.7 cm³/mol. The number of carbonyl (C=O) groups excluding carboxylic acids is 1. The van der Waals surface area contributed by atoms with E-state index in [1.54, 1.807) is 13.8 Å². The van der Waals surface area contributed by atoms with Crippen LogP contribution >= 0.6 is 0 Å². The Kier molecular flexibility index (Phi) is 11.7. The fraction of sp³-hybridized carbons (Fsp3) is 0.150. The van der Waals surface area contributed by atoms with Crippen LogP contribution in [0.2, 0.25) is 0 Å². The van der Waals surface area contributed by atoms with E-state index in [9.17, 15) is 9.18 Å². The number of aryl methyl sites for hydroxylation is 2. The fourth-order valence-corrected chi connectivity index (χ4v) is 1.81. The second kappa shape index (κ2) is 11.6. The SMILES string of the molecule is [CH2-]C(=O)c1cc(F)c(N=CC)cc1C.[CH2-]c1ccccc1C.[CH3-].[Li+]. The van der Waals surface area contributed by atoms with Gasteiger partial charge in [-0.2, -0.15) is 31.0 Å². The first-order valence-electron chi connectivity index (χ1n) is 6.89. The van der Waals surface area contributed by atoms with Gasteiger partial charge in [0.2, 0.25) is 0 Å². The molecule has 0 saturated heterocycles. The molecule has 0 aliphatic rings. The summed E-state index contributed by atoms with van der Waals surface area (Å²) in [6, 6.07) is 10.8. The molecule has 0 bridgehead atoms. The Hall–Kier alpha value is -1.95. The molecular formula is C20H23FLiNO-2. The van der Waals surface area contributed by atoms with Crippen molar-refractivity contribution in [3.05, 3.63) is 85.7 Å². The van der Waals surface area contributed by atoms with Gasteiger partial charge in [-0.05, 0) is 13.0 Å². The summed E-state index contributed by atoms with van der Waals surface area (Å²) in [7, 11) is 0. The number of ketones is 1. The molecule has 0 saturated carbocycles. The van der Waals surface area contributed by atoms with E-state index in [2.05, 4.69) is 31.8 Å². The Morgan fingerprint density at radius 2 is 1.75 bits per heavy atom. The van der Waals surface area contributed by atoms with Crippen LogP contribution in [0.4, 0.5) is 10.1 Å². The van der Waals surface area contributed by atoms with Gasteiger partial charge in [-0.3, -0.25) is 4.99 Å². The van der Waals surface area contributed by atoms with Crippen LogP contribution < -0.4 is 18.9 Å². The normalized spacial score (nSPS) is 9.33. The number of hydrogen-bond donors (Lipinski definition) is 0. The average molecular weight is 319 g/mol. The minimum atomic E-state index is -0.499. The molecule has 2 aromatic rings. The second-order valence-corrected chi connectivity index (χ2v) is 4.86. The first-order valence-corrected chi connectivity index (χ1v) is 6.89. The minimum absolute atomic E-state index is 0. The predicted octanol–water partition coefficient (Wildman–Crippen LogP) is 2.50. The maximum Gasteiger partial charge on any atom is 1.00 e. The zero-order valence-electron chi connectivity index (χ0n) is 15.2. The van der Waals surface area contributed by atoms with Crippen molar-refractivity contribution in [3.63, 3.8) is 0 Å². The van der Waals surface area contributed by atoms with Crippen molar-refractivity contribution in [3.8, 4) is 0 Å². The van der Waals surface area contributed by atoms with Crippen LogP contribution in [0.5, 0.6) is 0 Å². The van der Waals surface area contributed by atoms with E-state index < -0.39 is 5.82 Å². The Labute approximate surface area is 157 Å². The maximum atomic E-state index is 13.3. The van der Waals surface area contributed by atoms with Crippen molar-refractivity contribution in [2.24, 2.45) is 4.99 Å². The van der Waals surface area contributed by atoms with Gasteiger partial charge >= 0.3 is 18.9 Å². The van der Waals surface area contributed by atoms with E-state index in [0.29, 0.717) is 11.1 Å². The molecule has 0 radical (unpaired) electrons. The van der Waals surface area contributed by atoms with Crippen LogP contribution in [0.25, 0.3) is 0 Å². The topological polar surface area (TPSA) is 29.4 Å². The van der Waals surface area contributed by atoms with Crippen LogP contribution in [0.15, 0.2) is 41.4 Å². The van der Waals surface area contributed by atoms with Crippen molar-refractivity contribution >= 4 is 17.7 Å². The summed E-state index contributed by atoms with van der Waals surface area (Å²) in [5.74, 6) is -0.880. The second-order valence-electron chi connectivity index (χ2n) is 4.86. The third-order valence-electron chi connectivity index (χ3n) is 3.12. The van der Waals surface area contributed by atoms with Crippen molar-refractivity contribution in [2.75, 3.05) is 0 Å². The van der Waals surface area contributed by atoms with Gasteiger partial charge < -0.3 is 12.2 Å². The maximum absolute atomic E-state index is 13.3. The summed E-state index contributed by atoms with van der Waals surface area (Å²) in [5.41, 5.74) is 3.61. The van der Waals surface area contributed by atoms with Crippen molar-refractivity contribution in [2.45, 2.75) is 20.8 Å². The Balaban J connectivity index is 0. The third kappa shape index (κ3) is 7.08. The first-order chi connectivity index (χ1) is 10.4.